The van der Waals surface area contributed by atoms with Crippen molar-refractivity contribution in [2.75, 3.05) is 30.3 Å². The number of amides is 1. The number of hydrogen-bond donors (Lipinski definition) is 3. The Labute approximate surface area is 212 Å². The Bertz CT molecular complexity index is 1170. The second-order valence-electron chi connectivity index (χ2n) is 10.3. The Morgan fingerprint density at radius 3 is 2.58 bits per heavy atom. The number of anilines is 2. The maximum atomic E-state index is 13.2. The minimum absolute atomic E-state index is 0.0905. The van der Waals surface area contributed by atoms with Gasteiger partial charge in [-0.25, -0.2) is 9.37 Å². The van der Waals surface area contributed by atoms with Crippen LogP contribution in [0.2, 0.25) is 0 Å². The number of hydrogen-bond acceptors (Lipinski definition) is 5. The normalized spacial score (nSPS) is 14.3. The summed E-state index contributed by atoms with van der Waals surface area (Å²) in [6, 6.07) is 15.6. The highest BCUT2D eigenvalue weighted by Crippen LogP contribution is 2.34. The van der Waals surface area contributed by atoms with Gasteiger partial charge >= 0.3 is 0 Å². The lowest BCUT2D eigenvalue weighted by molar-refractivity contribution is 0.102. The molecule has 1 saturated heterocycles. The number of nitrogens with zero attached hydrogens (tertiary/aromatic N) is 1. The fraction of sp³-hybridized carbons (Fsp3) is 0.379. The van der Waals surface area contributed by atoms with Gasteiger partial charge in [0.25, 0.3) is 5.91 Å². The van der Waals surface area contributed by atoms with Crippen molar-refractivity contribution in [2.45, 2.75) is 45.6 Å². The lowest BCUT2D eigenvalue weighted by atomic mass is 9.86. The maximum Gasteiger partial charge on any atom is 0.259 e. The standard InChI is InChI=1S/C29H35FN4O2/c1-29(2,3)25-11-10-23(17-26(25)36-19-21-12-15-31-16-13-21)34-28(35)24-5-4-14-32-27(24)33-18-20-6-8-22(30)9-7-20/h4-11,14,17,21,31H,12-13,15-16,18-19H2,1-3H3,(H,32,33)(H,34,35). The highest BCUT2D eigenvalue weighted by Gasteiger charge is 2.22. The first kappa shape index (κ1) is 25.6. The van der Waals surface area contributed by atoms with Crippen LogP contribution in [-0.4, -0.2) is 30.6 Å². The largest absolute Gasteiger partial charge is 0.493 e. The van der Waals surface area contributed by atoms with E-state index in [1.54, 1.807) is 30.5 Å². The SMILES string of the molecule is CC(C)(C)c1ccc(NC(=O)c2cccnc2NCc2ccc(F)cc2)cc1OCC1CCNCC1. The number of carbonyl (C=O) groups excluding carboxylic acids is 1. The monoisotopic (exact) mass is 490 g/mol. The molecule has 1 aromatic heterocycles. The van der Waals surface area contributed by atoms with Crippen molar-refractivity contribution in [3.05, 3.63) is 83.3 Å². The van der Waals surface area contributed by atoms with E-state index in [1.165, 1.54) is 12.1 Å². The first-order chi connectivity index (χ1) is 17.3. The number of rotatable bonds is 8. The molecule has 36 heavy (non-hydrogen) atoms. The fourth-order valence-electron chi connectivity index (χ4n) is 4.31. The van der Waals surface area contributed by atoms with Crippen LogP contribution in [0.5, 0.6) is 5.75 Å². The summed E-state index contributed by atoms with van der Waals surface area (Å²) in [4.78, 5) is 17.5. The van der Waals surface area contributed by atoms with E-state index in [0.717, 1.165) is 42.8 Å². The van der Waals surface area contributed by atoms with Gasteiger partial charge in [0.1, 0.15) is 17.4 Å². The van der Waals surface area contributed by atoms with E-state index in [4.69, 9.17) is 4.74 Å². The summed E-state index contributed by atoms with van der Waals surface area (Å²) in [5, 5.41) is 9.58. The molecule has 4 rings (SSSR count). The third kappa shape index (κ3) is 6.82. The molecule has 2 aromatic carbocycles. The molecule has 3 aromatic rings. The molecule has 2 heterocycles. The molecule has 1 aliphatic heterocycles. The van der Waals surface area contributed by atoms with Crippen LogP contribution in [0, 0.1) is 11.7 Å². The molecular weight excluding hydrogens is 455 g/mol. The van der Waals surface area contributed by atoms with Crippen molar-refractivity contribution in [1.29, 1.82) is 0 Å². The number of benzene rings is 2. The molecule has 7 heteroatoms. The van der Waals surface area contributed by atoms with Crippen LogP contribution in [0.4, 0.5) is 15.9 Å². The topological polar surface area (TPSA) is 75.3 Å². The molecule has 0 radical (unpaired) electrons. The molecule has 0 unspecified atom stereocenters. The van der Waals surface area contributed by atoms with Crippen LogP contribution in [0.1, 0.15) is 55.1 Å². The summed E-state index contributed by atoms with van der Waals surface area (Å²) in [5.41, 5.74) is 3.00. The molecule has 0 spiro atoms. The second-order valence-corrected chi connectivity index (χ2v) is 10.3. The van der Waals surface area contributed by atoms with Crippen LogP contribution in [0.25, 0.3) is 0 Å². The molecule has 0 aliphatic carbocycles. The van der Waals surface area contributed by atoms with Crippen LogP contribution < -0.4 is 20.7 Å². The van der Waals surface area contributed by atoms with Gasteiger partial charge in [-0.3, -0.25) is 4.79 Å². The van der Waals surface area contributed by atoms with Crippen molar-refractivity contribution in [3.63, 3.8) is 0 Å². The van der Waals surface area contributed by atoms with Crippen molar-refractivity contribution in [1.82, 2.24) is 10.3 Å². The number of ether oxygens (including phenoxy) is 1. The number of halogens is 1. The second kappa shape index (κ2) is 11.5. The average molecular weight is 491 g/mol. The third-order valence-electron chi connectivity index (χ3n) is 6.41. The maximum absolute atomic E-state index is 13.2. The summed E-state index contributed by atoms with van der Waals surface area (Å²) in [7, 11) is 0. The number of aromatic nitrogens is 1. The Hall–Kier alpha value is -3.45. The highest BCUT2D eigenvalue weighted by molar-refractivity contribution is 6.07. The number of pyridine rings is 1. The molecule has 3 N–H and O–H groups in total. The Kier molecular flexibility index (Phi) is 8.21. The van der Waals surface area contributed by atoms with E-state index in [1.807, 2.05) is 18.2 Å². The number of piperidine rings is 1. The summed E-state index contributed by atoms with van der Waals surface area (Å²) in [6.07, 6.45) is 3.85. The summed E-state index contributed by atoms with van der Waals surface area (Å²) < 4.78 is 19.5. The van der Waals surface area contributed by atoms with Gasteiger partial charge in [-0.1, -0.05) is 39.0 Å². The molecule has 0 atom stereocenters. The average Bonchev–Trinajstić information content (AvgIpc) is 2.87. The summed E-state index contributed by atoms with van der Waals surface area (Å²) in [5.74, 6) is 1.25. The third-order valence-corrected chi connectivity index (χ3v) is 6.41. The zero-order valence-corrected chi connectivity index (χ0v) is 21.2. The molecule has 1 aliphatic rings. The van der Waals surface area contributed by atoms with Gasteiger partial charge in [0, 0.05) is 24.5 Å². The predicted octanol–water partition coefficient (Wildman–Crippen LogP) is 5.76. The van der Waals surface area contributed by atoms with Crippen LogP contribution in [0.15, 0.2) is 60.8 Å². The minimum atomic E-state index is -0.284. The molecule has 0 bridgehead atoms. The zero-order chi connectivity index (χ0) is 25.5. The zero-order valence-electron chi connectivity index (χ0n) is 21.2. The van der Waals surface area contributed by atoms with Crippen LogP contribution in [-0.2, 0) is 12.0 Å². The first-order valence-electron chi connectivity index (χ1n) is 12.5. The predicted molar refractivity (Wildman–Crippen MR) is 142 cm³/mol. The van der Waals surface area contributed by atoms with E-state index in [2.05, 4.69) is 41.7 Å². The van der Waals surface area contributed by atoms with E-state index in [9.17, 15) is 9.18 Å². The summed E-state index contributed by atoms with van der Waals surface area (Å²) >= 11 is 0. The van der Waals surface area contributed by atoms with Gasteiger partial charge in [-0.05, 0) is 78.7 Å². The summed E-state index contributed by atoms with van der Waals surface area (Å²) in [6.45, 7) is 9.62. The Balaban J connectivity index is 1.48. The lowest BCUT2D eigenvalue weighted by Crippen LogP contribution is -2.30. The molecule has 190 valence electrons. The Morgan fingerprint density at radius 1 is 1.11 bits per heavy atom. The van der Waals surface area contributed by atoms with Gasteiger partial charge < -0.3 is 20.7 Å². The number of carbonyl (C=O) groups is 1. The van der Waals surface area contributed by atoms with Crippen molar-refractivity contribution >= 4 is 17.4 Å². The molecule has 6 nitrogen and oxygen atoms in total. The van der Waals surface area contributed by atoms with Crippen LogP contribution in [0.3, 0.4) is 0 Å². The van der Waals surface area contributed by atoms with Gasteiger partial charge in [-0.2, -0.15) is 0 Å². The number of nitrogens with one attached hydrogen (secondary N) is 3. The van der Waals surface area contributed by atoms with E-state index in [0.29, 0.717) is 36.1 Å². The van der Waals surface area contributed by atoms with E-state index in [-0.39, 0.29) is 17.1 Å². The van der Waals surface area contributed by atoms with Crippen molar-refractivity contribution in [3.8, 4) is 5.75 Å². The minimum Gasteiger partial charge on any atom is -0.493 e. The smallest absolute Gasteiger partial charge is 0.259 e. The Morgan fingerprint density at radius 2 is 1.86 bits per heavy atom. The lowest BCUT2D eigenvalue weighted by Gasteiger charge is -2.27. The molecular formula is C29H35FN4O2. The van der Waals surface area contributed by atoms with Crippen molar-refractivity contribution < 1.29 is 13.9 Å². The molecule has 1 amide bonds. The first-order valence-corrected chi connectivity index (χ1v) is 12.5. The van der Waals surface area contributed by atoms with Crippen molar-refractivity contribution in [2.24, 2.45) is 5.92 Å². The fourth-order valence-corrected chi connectivity index (χ4v) is 4.31. The van der Waals surface area contributed by atoms with Crippen LogP contribution >= 0.6 is 0 Å². The van der Waals surface area contributed by atoms with Gasteiger partial charge in [-0.15, -0.1) is 0 Å². The van der Waals surface area contributed by atoms with Gasteiger partial charge in [0.15, 0.2) is 0 Å². The van der Waals surface area contributed by atoms with E-state index < -0.39 is 0 Å². The molecule has 1 fully saturated rings. The quantitative estimate of drug-likeness (QED) is 0.374. The van der Waals surface area contributed by atoms with Gasteiger partial charge in [0.2, 0.25) is 0 Å². The highest BCUT2D eigenvalue weighted by atomic mass is 19.1. The molecule has 0 saturated carbocycles. The van der Waals surface area contributed by atoms with Gasteiger partial charge in [0.05, 0.1) is 12.2 Å². The van der Waals surface area contributed by atoms with E-state index >= 15 is 0 Å².